The van der Waals surface area contributed by atoms with Crippen LogP contribution < -0.4 is 5.32 Å². The molecule has 2 fully saturated rings. The Kier molecular flexibility index (Phi) is 6.30. The lowest BCUT2D eigenvalue weighted by atomic mass is 10.1. The van der Waals surface area contributed by atoms with Crippen molar-refractivity contribution in [3.8, 4) is 5.75 Å². The summed E-state index contributed by atoms with van der Waals surface area (Å²) < 4.78 is 4.62. The number of carbonyl (C=O) groups is 4. The number of phenolic OH excluding ortho intramolecular Hbond substituents is 1. The normalized spacial score (nSPS) is 15.7. The highest BCUT2D eigenvalue weighted by molar-refractivity contribution is 6.07. The molecule has 2 N–H and O–H groups in total. The van der Waals surface area contributed by atoms with Crippen molar-refractivity contribution in [1.29, 1.82) is 0 Å². The largest absolute Gasteiger partial charge is 0.505 e. The molecule has 0 atom stereocenters. The molecule has 1 saturated heterocycles. The number of nitrogens with zero attached hydrogens (tertiary/aromatic N) is 2. The van der Waals surface area contributed by atoms with E-state index in [1.54, 1.807) is 23.1 Å². The average molecular weight is 451 g/mol. The van der Waals surface area contributed by atoms with Crippen molar-refractivity contribution in [3.63, 3.8) is 0 Å². The van der Waals surface area contributed by atoms with Crippen molar-refractivity contribution in [3.05, 3.63) is 59.2 Å². The molecule has 0 unspecified atom stereocenters. The van der Waals surface area contributed by atoms with E-state index in [1.165, 1.54) is 31.4 Å². The number of rotatable bonds is 5. The van der Waals surface area contributed by atoms with Gasteiger partial charge < -0.3 is 25.0 Å². The van der Waals surface area contributed by atoms with Crippen LogP contribution in [-0.2, 0) is 9.53 Å². The number of para-hydroxylation sites is 1. The van der Waals surface area contributed by atoms with Gasteiger partial charge in [-0.15, -0.1) is 0 Å². The van der Waals surface area contributed by atoms with Gasteiger partial charge in [-0.1, -0.05) is 12.1 Å². The van der Waals surface area contributed by atoms with Gasteiger partial charge in [0.15, 0.2) is 5.75 Å². The monoisotopic (exact) mass is 451 g/mol. The summed E-state index contributed by atoms with van der Waals surface area (Å²) in [6.45, 7) is 1.91. The molecule has 9 heteroatoms. The molecule has 0 bridgehead atoms. The van der Waals surface area contributed by atoms with Gasteiger partial charge in [-0.05, 0) is 43.2 Å². The van der Waals surface area contributed by atoms with E-state index >= 15 is 0 Å². The maximum absolute atomic E-state index is 13.0. The lowest BCUT2D eigenvalue weighted by molar-refractivity contribution is -0.134. The van der Waals surface area contributed by atoms with Gasteiger partial charge in [-0.25, -0.2) is 4.79 Å². The minimum Gasteiger partial charge on any atom is -0.505 e. The number of aromatic hydroxyl groups is 1. The van der Waals surface area contributed by atoms with Crippen molar-refractivity contribution < 1.29 is 29.0 Å². The van der Waals surface area contributed by atoms with E-state index in [4.69, 9.17) is 0 Å². The number of hydrogen-bond acceptors (Lipinski definition) is 6. The van der Waals surface area contributed by atoms with Crippen LogP contribution in [0, 0.1) is 5.92 Å². The molecule has 2 aromatic carbocycles. The Bertz CT molecular complexity index is 1100. The van der Waals surface area contributed by atoms with Crippen molar-refractivity contribution in [2.24, 2.45) is 5.92 Å². The molecule has 3 amide bonds. The second kappa shape index (κ2) is 9.32. The molecule has 1 heterocycles. The van der Waals surface area contributed by atoms with Gasteiger partial charge in [0.2, 0.25) is 5.91 Å². The molecule has 1 aliphatic heterocycles. The van der Waals surface area contributed by atoms with E-state index in [1.807, 2.05) is 4.90 Å². The summed E-state index contributed by atoms with van der Waals surface area (Å²) in [7, 11) is 1.19. The van der Waals surface area contributed by atoms with Gasteiger partial charge in [-0.2, -0.15) is 0 Å². The Hall–Kier alpha value is -3.88. The Morgan fingerprint density at radius 1 is 0.939 bits per heavy atom. The van der Waals surface area contributed by atoms with Crippen LogP contribution >= 0.6 is 0 Å². The van der Waals surface area contributed by atoms with E-state index in [0.29, 0.717) is 31.7 Å². The third-order valence-corrected chi connectivity index (χ3v) is 5.87. The third-order valence-electron chi connectivity index (χ3n) is 5.87. The minimum absolute atomic E-state index is 0.0519. The molecule has 2 aromatic rings. The summed E-state index contributed by atoms with van der Waals surface area (Å²) in [4.78, 5) is 53.2. The first-order valence-electron chi connectivity index (χ1n) is 10.8. The zero-order chi connectivity index (χ0) is 23.5. The SMILES string of the molecule is COC(=O)c1cccc(NC(=O)c2cccc(C(=O)N3CCN(C(=O)C4CC4)CC3)c2)c1O. The lowest BCUT2D eigenvalue weighted by Crippen LogP contribution is -2.51. The van der Waals surface area contributed by atoms with Crippen LogP contribution in [0.25, 0.3) is 0 Å². The van der Waals surface area contributed by atoms with Gasteiger partial charge in [0.25, 0.3) is 11.8 Å². The number of esters is 1. The predicted molar refractivity (Wildman–Crippen MR) is 119 cm³/mol. The van der Waals surface area contributed by atoms with Crippen LogP contribution in [-0.4, -0.2) is 71.9 Å². The van der Waals surface area contributed by atoms with E-state index in [2.05, 4.69) is 10.1 Å². The number of carbonyl (C=O) groups excluding carboxylic acids is 4. The fourth-order valence-corrected chi connectivity index (χ4v) is 3.81. The number of nitrogens with one attached hydrogen (secondary N) is 1. The van der Waals surface area contributed by atoms with Gasteiger partial charge in [0, 0.05) is 43.2 Å². The number of hydrogen-bond donors (Lipinski definition) is 2. The fourth-order valence-electron chi connectivity index (χ4n) is 3.81. The van der Waals surface area contributed by atoms with Crippen LogP contribution in [0.15, 0.2) is 42.5 Å². The molecule has 2 aliphatic rings. The number of amides is 3. The van der Waals surface area contributed by atoms with Gasteiger partial charge >= 0.3 is 5.97 Å². The fraction of sp³-hybridized carbons (Fsp3) is 0.333. The molecule has 0 aromatic heterocycles. The maximum atomic E-state index is 13.0. The van der Waals surface area contributed by atoms with Gasteiger partial charge in [0.05, 0.1) is 12.8 Å². The minimum atomic E-state index is -0.727. The smallest absolute Gasteiger partial charge is 0.341 e. The van der Waals surface area contributed by atoms with E-state index in [0.717, 1.165) is 12.8 Å². The summed E-state index contributed by atoms with van der Waals surface area (Å²) in [5, 5.41) is 12.9. The Labute approximate surface area is 190 Å². The first-order chi connectivity index (χ1) is 15.9. The summed E-state index contributed by atoms with van der Waals surface area (Å²) in [5.41, 5.74) is 0.568. The first kappa shape index (κ1) is 22.3. The Morgan fingerprint density at radius 3 is 2.24 bits per heavy atom. The van der Waals surface area contributed by atoms with Crippen molar-refractivity contribution in [1.82, 2.24) is 9.80 Å². The molecular formula is C24H25N3O6. The summed E-state index contributed by atoms with van der Waals surface area (Å²) in [6, 6.07) is 10.6. The van der Waals surface area contributed by atoms with Gasteiger partial charge in [-0.3, -0.25) is 14.4 Å². The number of phenols is 1. The van der Waals surface area contributed by atoms with Crippen molar-refractivity contribution in [2.45, 2.75) is 12.8 Å². The van der Waals surface area contributed by atoms with Crippen LogP contribution in [0.3, 0.4) is 0 Å². The van der Waals surface area contributed by atoms with E-state index in [-0.39, 0.29) is 34.5 Å². The summed E-state index contributed by atoms with van der Waals surface area (Å²) in [5.74, 6) is -1.53. The topological polar surface area (TPSA) is 116 Å². The first-order valence-corrected chi connectivity index (χ1v) is 10.8. The number of benzene rings is 2. The van der Waals surface area contributed by atoms with Crippen LogP contribution in [0.4, 0.5) is 5.69 Å². The van der Waals surface area contributed by atoms with Crippen LogP contribution in [0.1, 0.15) is 43.9 Å². The standard InChI is InChI=1S/C24H25N3O6/c1-33-24(32)18-6-3-7-19(20(18)28)25-21(29)16-4-2-5-17(14-16)23(31)27-12-10-26(11-13-27)22(30)15-8-9-15/h2-7,14-15,28H,8-13H2,1H3,(H,25,29). The molecule has 1 saturated carbocycles. The Balaban J connectivity index is 1.42. The molecule has 4 rings (SSSR count). The van der Waals surface area contributed by atoms with Crippen LogP contribution in [0.2, 0.25) is 0 Å². The molecule has 1 aliphatic carbocycles. The molecular weight excluding hydrogens is 426 g/mol. The number of ether oxygens (including phenoxy) is 1. The number of methoxy groups -OCH3 is 1. The highest BCUT2D eigenvalue weighted by atomic mass is 16.5. The van der Waals surface area contributed by atoms with Crippen LogP contribution in [0.5, 0.6) is 5.75 Å². The number of anilines is 1. The molecule has 0 radical (unpaired) electrons. The van der Waals surface area contributed by atoms with Gasteiger partial charge in [0.1, 0.15) is 5.56 Å². The third kappa shape index (κ3) is 4.82. The zero-order valence-electron chi connectivity index (χ0n) is 18.2. The van der Waals surface area contributed by atoms with Crippen molar-refractivity contribution in [2.75, 3.05) is 38.6 Å². The highest BCUT2D eigenvalue weighted by Crippen LogP contribution is 2.31. The summed E-state index contributed by atoms with van der Waals surface area (Å²) in [6.07, 6.45) is 1.91. The molecule has 33 heavy (non-hydrogen) atoms. The molecule has 0 spiro atoms. The van der Waals surface area contributed by atoms with E-state index in [9.17, 15) is 24.3 Å². The maximum Gasteiger partial charge on any atom is 0.341 e. The molecule has 172 valence electrons. The second-order valence-electron chi connectivity index (χ2n) is 8.12. The average Bonchev–Trinajstić information content (AvgIpc) is 3.69. The molecule has 9 nitrogen and oxygen atoms in total. The summed E-state index contributed by atoms with van der Waals surface area (Å²) >= 11 is 0. The predicted octanol–water partition coefficient (Wildman–Crippen LogP) is 2.13. The highest BCUT2D eigenvalue weighted by Gasteiger charge is 2.35. The quantitative estimate of drug-likeness (QED) is 0.531. The zero-order valence-corrected chi connectivity index (χ0v) is 18.2. The van der Waals surface area contributed by atoms with E-state index < -0.39 is 17.6 Å². The second-order valence-corrected chi connectivity index (χ2v) is 8.12. The lowest BCUT2D eigenvalue weighted by Gasteiger charge is -2.35. The van der Waals surface area contributed by atoms with Crippen molar-refractivity contribution >= 4 is 29.4 Å². The number of piperazine rings is 1. The Morgan fingerprint density at radius 2 is 1.58 bits per heavy atom.